The van der Waals surface area contributed by atoms with Crippen molar-refractivity contribution in [3.05, 3.63) is 29.8 Å². The van der Waals surface area contributed by atoms with Crippen molar-refractivity contribution < 1.29 is 19.1 Å². The van der Waals surface area contributed by atoms with Crippen LogP contribution in [0.25, 0.3) is 0 Å². The van der Waals surface area contributed by atoms with E-state index in [1.54, 1.807) is 21.0 Å². The highest BCUT2D eigenvalue weighted by atomic mass is 16.5. The number of nitrogens with one attached hydrogen (secondary N) is 2. The SMILES string of the molecule is COc1ccccc1CCNC(=O)C(C)(C)C(=O)NCC1CCCO1. The fourth-order valence-corrected chi connectivity index (χ4v) is 2.78. The van der Waals surface area contributed by atoms with Crippen LogP contribution in [-0.2, 0) is 20.7 Å². The number of hydrogen-bond acceptors (Lipinski definition) is 4. The van der Waals surface area contributed by atoms with E-state index in [9.17, 15) is 9.59 Å². The quantitative estimate of drug-likeness (QED) is 0.701. The molecular formula is C19H28N2O4. The second-order valence-corrected chi connectivity index (χ2v) is 6.79. The molecule has 1 atom stereocenters. The summed E-state index contributed by atoms with van der Waals surface area (Å²) < 4.78 is 10.8. The van der Waals surface area contributed by atoms with Gasteiger partial charge in [0, 0.05) is 19.7 Å². The summed E-state index contributed by atoms with van der Waals surface area (Å²) >= 11 is 0. The number of para-hydroxylation sites is 1. The molecule has 0 spiro atoms. The first-order chi connectivity index (χ1) is 11.9. The van der Waals surface area contributed by atoms with Gasteiger partial charge in [-0.25, -0.2) is 0 Å². The number of rotatable bonds is 8. The van der Waals surface area contributed by atoms with Crippen molar-refractivity contribution in [3.8, 4) is 5.75 Å². The fraction of sp³-hybridized carbons (Fsp3) is 0.579. The van der Waals surface area contributed by atoms with Gasteiger partial charge in [-0.3, -0.25) is 9.59 Å². The topological polar surface area (TPSA) is 76.7 Å². The van der Waals surface area contributed by atoms with Crippen LogP contribution < -0.4 is 15.4 Å². The predicted molar refractivity (Wildman–Crippen MR) is 95.5 cm³/mol. The normalized spacial score (nSPS) is 17.2. The number of amides is 2. The van der Waals surface area contributed by atoms with Crippen LogP contribution in [0.4, 0.5) is 0 Å². The third-order valence-corrected chi connectivity index (χ3v) is 4.52. The van der Waals surface area contributed by atoms with Gasteiger partial charge in [-0.05, 0) is 44.7 Å². The van der Waals surface area contributed by atoms with Crippen molar-refractivity contribution in [1.29, 1.82) is 0 Å². The maximum atomic E-state index is 12.4. The first kappa shape index (κ1) is 19.2. The Morgan fingerprint density at radius 3 is 2.64 bits per heavy atom. The Bertz CT molecular complexity index is 595. The zero-order valence-electron chi connectivity index (χ0n) is 15.3. The van der Waals surface area contributed by atoms with Crippen molar-refractivity contribution in [3.63, 3.8) is 0 Å². The summed E-state index contributed by atoms with van der Waals surface area (Å²) in [6.45, 7) is 4.91. The van der Waals surface area contributed by atoms with Crippen LogP contribution in [0.5, 0.6) is 5.75 Å². The minimum Gasteiger partial charge on any atom is -0.496 e. The van der Waals surface area contributed by atoms with E-state index in [2.05, 4.69) is 10.6 Å². The van der Waals surface area contributed by atoms with Gasteiger partial charge < -0.3 is 20.1 Å². The standard InChI is InChI=1S/C19H28N2O4/c1-19(2,18(23)21-13-15-8-6-12-25-15)17(22)20-11-10-14-7-4-5-9-16(14)24-3/h4-5,7,9,15H,6,8,10-13H2,1-3H3,(H,20,22)(H,21,23). The van der Waals surface area contributed by atoms with Crippen molar-refractivity contribution >= 4 is 11.8 Å². The lowest BCUT2D eigenvalue weighted by molar-refractivity contribution is -0.141. The number of carbonyl (C=O) groups excluding carboxylic acids is 2. The van der Waals surface area contributed by atoms with Gasteiger partial charge in [0.25, 0.3) is 0 Å². The lowest BCUT2D eigenvalue weighted by Gasteiger charge is -2.23. The van der Waals surface area contributed by atoms with E-state index in [-0.39, 0.29) is 17.9 Å². The van der Waals surface area contributed by atoms with Crippen LogP contribution >= 0.6 is 0 Å². The highest BCUT2D eigenvalue weighted by Crippen LogP contribution is 2.19. The summed E-state index contributed by atoms with van der Waals surface area (Å²) in [4.78, 5) is 24.8. The van der Waals surface area contributed by atoms with Gasteiger partial charge in [0.1, 0.15) is 11.2 Å². The Morgan fingerprint density at radius 1 is 1.24 bits per heavy atom. The molecule has 25 heavy (non-hydrogen) atoms. The molecule has 1 saturated heterocycles. The molecule has 0 radical (unpaired) electrons. The molecule has 1 fully saturated rings. The average Bonchev–Trinajstić information content (AvgIpc) is 3.13. The monoisotopic (exact) mass is 348 g/mol. The molecular weight excluding hydrogens is 320 g/mol. The minimum atomic E-state index is -1.13. The van der Waals surface area contributed by atoms with Crippen LogP contribution in [0.15, 0.2) is 24.3 Å². The van der Waals surface area contributed by atoms with Crippen LogP contribution in [0.3, 0.4) is 0 Å². The Labute approximate surface area is 149 Å². The third kappa shape index (κ3) is 5.19. The molecule has 0 saturated carbocycles. The third-order valence-electron chi connectivity index (χ3n) is 4.52. The number of hydrogen-bond donors (Lipinski definition) is 2. The van der Waals surface area contributed by atoms with E-state index >= 15 is 0 Å². The molecule has 6 heteroatoms. The number of methoxy groups -OCH3 is 1. The lowest BCUT2D eigenvalue weighted by Crippen LogP contribution is -2.49. The Morgan fingerprint density at radius 2 is 1.96 bits per heavy atom. The second kappa shape index (κ2) is 8.85. The zero-order valence-corrected chi connectivity index (χ0v) is 15.3. The highest BCUT2D eigenvalue weighted by molar-refractivity contribution is 6.04. The first-order valence-electron chi connectivity index (χ1n) is 8.75. The predicted octanol–water partition coefficient (Wildman–Crippen LogP) is 1.68. The van der Waals surface area contributed by atoms with Gasteiger partial charge in [-0.15, -0.1) is 0 Å². The van der Waals surface area contributed by atoms with Crippen LogP contribution in [-0.4, -0.2) is 44.7 Å². The molecule has 2 amide bonds. The molecule has 1 aromatic carbocycles. The zero-order chi connectivity index (χ0) is 18.3. The molecule has 1 heterocycles. The molecule has 6 nitrogen and oxygen atoms in total. The Balaban J connectivity index is 1.80. The van der Waals surface area contributed by atoms with E-state index in [0.717, 1.165) is 30.8 Å². The average molecular weight is 348 g/mol. The summed E-state index contributed by atoms with van der Waals surface area (Å²) in [5.41, 5.74) is -0.106. The summed E-state index contributed by atoms with van der Waals surface area (Å²) in [5, 5.41) is 5.67. The molecule has 1 aliphatic rings. The largest absolute Gasteiger partial charge is 0.496 e. The van der Waals surface area contributed by atoms with Gasteiger partial charge in [-0.1, -0.05) is 18.2 Å². The Kier molecular flexibility index (Phi) is 6.82. The van der Waals surface area contributed by atoms with E-state index in [0.29, 0.717) is 19.5 Å². The van der Waals surface area contributed by atoms with Gasteiger partial charge in [0.15, 0.2) is 0 Å². The number of benzene rings is 1. The number of carbonyl (C=O) groups is 2. The highest BCUT2D eigenvalue weighted by Gasteiger charge is 2.36. The summed E-state index contributed by atoms with van der Waals surface area (Å²) in [6.07, 6.45) is 2.68. The molecule has 1 aliphatic heterocycles. The summed E-state index contributed by atoms with van der Waals surface area (Å²) in [5.74, 6) is 0.232. The number of ether oxygens (including phenoxy) is 2. The second-order valence-electron chi connectivity index (χ2n) is 6.79. The van der Waals surface area contributed by atoms with Crippen LogP contribution in [0, 0.1) is 5.41 Å². The van der Waals surface area contributed by atoms with E-state index in [4.69, 9.17) is 9.47 Å². The van der Waals surface area contributed by atoms with E-state index in [1.807, 2.05) is 24.3 Å². The Hall–Kier alpha value is -2.08. The molecule has 0 aliphatic carbocycles. The molecule has 2 rings (SSSR count). The van der Waals surface area contributed by atoms with Crippen molar-refractivity contribution in [2.75, 3.05) is 26.8 Å². The van der Waals surface area contributed by atoms with Gasteiger partial charge >= 0.3 is 0 Å². The maximum absolute atomic E-state index is 12.4. The van der Waals surface area contributed by atoms with Crippen molar-refractivity contribution in [2.24, 2.45) is 5.41 Å². The molecule has 2 N–H and O–H groups in total. The van der Waals surface area contributed by atoms with Crippen molar-refractivity contribution in [1.82, 2.24) is 10.6 Å². The summed E-state index contributed by atoms with van der Waals surface area (Å²) in [7, 11) is 1.62. The van der Waals surface area contributed by atoms with Gasteiger partial charge in [0.05, 0.1) is 13.2 Å². The maximum Gasteiger partial charge on any atom is 0.235 e. The van der Waals surface area contributed by atoms with Crippen LogP contribution in [0.2, 0.25) is 0 Å². The van der Waals surface area contributed by atoms with Crippen LogP contribution in [0.1, 0.15) is 32.3 Å². The molecule has 0 bridgehead atoms. The molecule has 1 unspecified atom stereocenters. The summed E-state index contributed by atoms with van der Waals surface area (Å²) in [6, 6.07) is 7.69. The van der Waals surface area contributed by atoms with Gasteiger partial charge in [-0.2, -0.15) is 0 Å². The molecule has 0 aromatic heterocycles. The lowest BCUT2D eigenvalue weighted by atomic mass is 9.91. The smallest absolute Gasteiger partial charge is 0.235 e. The molecule has 138 valence electrons. The van der Waals surface area contributed by atoms with Crippen molar-refractivity contribution in [2.45, 2.75) is 39.2 Å². The molecule has 1 aromatic rings. The fourth-order valence-electron chi connectivity index (χ4n) is 2.78. The van der Waals surface area contributed by atoms with Gasteiger partial charge in [0.2, 0.25) is 11.8 Å². The van der Waals surface area contributed by atoms with E-state index < -0.39 is 5.41 Å². The van der Waals surface area contributed by atoms with E-state index in [1.165, 1.54) is 0 Å². The first-order valence-corrected chi connectivity index (χ1v) is 8.75. The minimum absolute atomic E-state index is 0.0633.